The highest BCUT2D eigenvalue weighted by Gasteiger charge is 2.16. The van der Waals surface area contributed by atoms with Crippen LogP contribution in [0.25, 0.3) is 11.1 Å². The van der Waals surface area contributed by atoms with E-state index in [2.05, 4.69) is 0 Å². The molecule has 6 heteroatoms. The normalized spacial score (nSPS) is 10.6. The lowest BCUT2D eigenvalue weighted by molar-refractivity contribution is -0.136. The maximum absolute atomic E-state index is 11.0. The Morgan fingerprint density at radius 1 is 1.00 bits per heavy atom. The molecule has 0 amide bonds. The first kappa shape index (κ1) is 15.5. The summed E-state index contributed by atoms with van der Waals surface area (Å²) in [6.45, 7) is 0. The molecule has 0 unspecified atom stereocenters. The van der Waals surface area contributed by atoms with Crippen LogP contribution in [0.3, 0.4) is 0 Å². The minimum absolute atomic E-state index is 0.185. The SMILES string of the molecule is O=C(O)Cc1cc(Cl)ccc1-c1c(Cl)ccc(Cl)c1Cl. The van der Waals surface area contributed by atoms with Gasteiger partial charge in [-0.3, -0.25) is 4.79 Å². The molecule has 0 aliphatic heterocycles. The summed E-state index contributed by atoms with van der Waals surface area (Å²) in [7, 11) is 0. The molecule has 0 spiro atoms. The van der Waals surface area contributed by atoms with Crippen LogP contribution in [0.2, 0.25) is 20.1 Å². The van der Waals surface area contributed by atoms with Crippen LogP contribution in [0.15, 0.2) is 30.3 Å². The first-order valence-corrected chi connectivity index (χ1v) is 7.05. The average molecular weight is 350 g/mol. The van der Waals surface area contributed by atoms with Gasteiger partial charge in [-0.2, -0.15) is 0 Å². The summed E-state index contributed by atoms with van der Waals surface area (Å²) in [5.41, 5.74) is 1.64. The molecule has 2 nitrogen and oxygen atoms in total. The van der Waals surface area contributed by atoms with Gasteiger partial charge in [-0.05, 0) is 35.4 Å². The van der Waals surface area contributed by atoms with Crippen molar-refractivity contribution in [2.24, 2.45) is 0 Å². The number of aliphatic carboxylic acids is 1. The summed E-state index contributed by atoms with van der Waals surface area (Å²) in [4.78, 5) is 11.0. The van der Waals surface area contributed by atoms with Gasteiger partial charge in [-0.1, -0.05) is 52.5 Å². The summed E-state index contributed by atoms with van der Waals surface area (Å²) in [5, 5.41) is 10.5. The molecule has 0 fully saturated rings. The molecular weight excluding hydrogens is 342 g/mol. The van der Waals surface area contributed by atoms with Gasteiger partial charge in [0, 0.05) is 10.6 Å². The average Bonchev–Trinajstić information content (AvgIpc) is 2.36. The van der Waals surface area contributed by atoms with E-state index >= 15 is 0 Å². The van der Waals surface area contributed by atoms with Crippen LogP contribution >= 0.6 is 46.4 Å². The smallest absolute Gasteiger partial charge is 0.307 e. The van der Waals surface area contributed by atoms with Crippen LogP contribution < -0.4 is 0 Å². The third kappa shape index (κ3) is 3.21. The van der Waals surface area contributed by atoms with E-state index in [1.807, 2.05) is 0 Å². The molecule has 2 rings (SSSR count). The molecule has 0 saturated carbocycles. The molecule has 0 bridgehead atoms. The number of carbonyl (C=O) groups is 1. The quantitative estimate of drug-likeness (QED) is 0.733. The number of rotatable bonds is 3. The summed E-state index contributed by atoms with van der Waals surface area (Å²) < 4.78 is 0. The molecule has 1 N–H and O–H groups in total. The fraction of sp³-hybridized carbons (Fsp3) is 0.0714. The number of carboxylic acid groups (broad SMARTS) is 1. The van der Waals surface area contributed by atoms with Gasteiger partial charge in [0.05, 0.1) is 21.5 Å². The van der Waals surface area contributed by atoms with Crippen molar-refractivity contribution in [1.82, 2.24) is 0 Å². The molecule has 104 valence electrons. The number of benzene rings is 2. The highest BCUT2D eigenvalue weighted by molar-refractivity contribution is 6.46. The Morgan fingerprint density at radius 2 is 1.65 bits per heavy atom. The molecule has 0 aliphatic carbocycles. The van der Waals surface area contributed by atoms with Crippen LogP contribution in [0, 0.1) is 0 Å². The lowest BCUT2D eigenvalue weighted by Gasteiger charge is -2.13. The van der Waals surface area contributed by atoms with Crippen molar-refractivity contribution in [3.63, 3.8) is 0 Å². The van der Waals surface area contributed by atoms with E-state index in [4.69, 9.17) is 51.5 Å². The van der Waals surface area contributed by atoms with Crippen molar-refractivity contribution in [2.75, 3.05) is 0 Å². The maximum atomic E-state index is 11.0. The Morgan fingerprint density at radius 3 is 2.30 bits per heavy atom. The number of halogens is 4. The molecule has 0 saturated heterocycles. The number of hydrogen-bond acceptors (Lipinski definition) is 1. The Balaban J connectivity index is 2.69. The second kappa shape index (κ2) is 6.23. The topological polar surface area (TPSA) is 37.3 Å². The third-order valence-corrected chi connectivity index (χ3v) is 4.08. The summed E-state index contributed by atoms with van der Waals surface area (Å²) in [6.07, 6.45) is -0.185. The fourth-order valence-corrected chi connectivity index (χ4v) is 2.82. The van der Waals surface area contributed by atoms with Crippen molar-refractivity contribution >= 4 is 52.4 Å². The van der Waals surface area contributed by atoms with Crippen molar-refractivity contribution in [1.29, 1.82) is 0 Å². The molecule has 0 heterocycles. The van der Waals surface area contributed by atoms with Crippen molar-refractivity contribution in [3.05, 3.63) is 56.0 Å². The predicted octanol–water partition coefficient (Wildman–Crippen LogP) is 5.59. The van der Waals surface area contributed by atoms with Crippen LogP contribution in [-0.4, -0.2) is 11.1 Å². The largest absolute Gasteiger partial charge is 0.481 e. The first-order valence-electron chi connectivity index (χ1n) is 5.54. The lowest BCUT2D eigenvalue weighted by atomic mass is 9.97. The second-order valence-electron chi connectivity index (χ2n) is 4.09. The Labute approximate surface area is 135 Å². The van der Waals surface area contributed by atoms with E-state index in [9.17, 15) is 4.79 Å². The molecular formula is C14H8Cl4O2. The van der Waals surface area contributed by atoms with Crippen molar-refractivity contribution in [3.8, 4) is 11.1 Å². The monoisotopic (exact) mass is 348 g/mol. The van der Waals surface area contributed by atoms with E-state index in [-0.39, 0.29) is 11.4 Å². The number of carboxylic acids is 1. The zero-order valence-electron chi connectivity index (χ0n) is 9.96. The lowest BCUT2D eigenvalue weighted by Crippen LogP contribution is -2.02. The van der Waals surface area contributed by atoms with E-state index in [0.29, 0.717) is 31.8 Å². The van der Waals surface area contributed by atoms with Gasteiger partial charge in [-0.25, -0.2) is 0 Å². The molecule has 0 atom stereocenters. The highest BCUT2D eigenvalue weighted by Crippen LogP contribution is 2.41. The zero-order valence-corrected chi connectivity index (χ0v) is 13.0. The summed E-state index contributed by atoms with van der Waals surface area (Å²) in [6, 6.07) is 8.12. The van der Waals surface area contributed by atoms with Gasteiger partial charge in [-0.15, -0.1) is 0 Å². The maximum Gasteiger partial charge on any atom is 0.307 e. The predicted molar refractivity (Wildman–Crippen MR) is 83.3 cm³/mol. The number of hydrogen-bond donors (Lipinski definition) is 1. The Hall–Kier alpha value is -0.930. The molecule has 2 aromatic rings. The molecule has 0 aliphatic rings. The van der Waals surface area contributed by atoms with Crippen LogP contribution in [0.1, 0.15) is 5.56 Å². The van der Waals surface area contributed by atoms with Gasteiger partial charge < -0.3 is 5.11 Å². The van der Waals surface area contributed by atoms with Crippen molar-refractivity contribution < 1.29 is 9.90 Å². The van der Waals surface area contributed by atoms with Gasteiger partial charge in [0.1, 0.15) is 0 Å². The first-order chi connectivity index (χ1) is 9.40. The van der Waals surface area contributed by atoms with Gasteiger partial charge in [0.25, 0.3) is 0 Å². The zero-order chi connectivity index (χ0) is 14.9. The van der Waals surface area contributed by atoms with E-state index in [1.165, 1.54) is 0 Å². The molecule has 2 aromatic carbocycles. The van der Waals surface area contributed by atoms with Gasteiger partial charge >= 0.3 is 5.97 Å². The minimum Gasteiger partial charge on any atom is -0.481 e. The van der Waals surface area contributed by atoms with Crippen molar-refractivity contribution in [2.45, 2.75) is 6.42 Å². The van der Waals surface area contributed by atoms with Gasteiger partial charge in [0.2, 0.25) is 0 Å². The van der Waals surface area contributed by atoms with Crippen LogP contribution in [-0.2, 0) is 11.2 Å². The van der Waals surface area contributed by atoms with E-state index in [0.717, 1.165) is 0 Å². The summed E-state index contributed by atoms with van der Waals surface area (Å²) in [5.74, 6) is -0.970. The van der Waals surface area contributed by atoms with Gasteiger partial charge in [0.15, 0.2) is 0 Å². The van der Waals surface area contributed by atoms with E-state index in [1.54, 1.807) is 30.3 Å². The van der Waals surface area contributed by atoms with Crippen LogP contribution in [0.5, 0.6) is 0 Å². The third-order valence-electron chi connectivity index (χ3n) is 2.72. The standard InChI is InChI=1S/C14H8Cl4O2/c15-8-1-2-9(7(5-8)6-12(19)20)13-10(16)3-4-11(17)14(13)18/h1-5H,6H2,(H,19,20). The summed E-state index contributed by atoms with van der Waals surface area (Å²) >= 11 is 24.3. The van der Waals surface area contributed by atoms with Crippen LogP contribution in [0.4, 0.5) is 0 Å². The molecule has 0 radical (unpaired) electrons. The molecule has 0 aromatic heterocycles. The Kier molecular flexibility index (Phi) is 4.82. The second-order valence-corrected chi connectivity index (χ2v) is 5.72. The Bertz CT molecular complexity index is 683. The highest BCUT2D eigenvalue weighted by atomic mass is 35.5. The van der Waals surface area contributed by atoms with E-state index < -0.39 is 5.97 Å². The molecule has 20 heavy (non-hydrogen) atoms. The fourth-order valence-electron chi connectivity index (χ4n) is 1.89. The minimum atomic E-state index is -0.970.